The average Bonchev–Trinajstić information content (AvgIpc) is 2.78. The van der Waals surface area contributed by atoms with E-state index in [4.69, 9.17) is 25.8 Å². The van der Waals surface area contributed by atoms with Crippen LogP contribution in [-0.4, -0.2) is 43.6 Å². The molecule has 1 aliphatic rings. The van der Waals surface area contributed by atoms with E-state index < -0.39 is 23.8 Å². The van der Waals surface area contributed by atoms with Crippen LogP contribution in [0.5, 0.6) is 11.5 Å². The number of imide groups is 2. The van der Waals surface area contributed by atoms with Gasteiger partial charge in [-0.15, -0.1) is 0 Å². The molecule has 1 saturated heterocycles. The molecule has 0 unspecified atom stereocenters. The van der Waals surface area contributed by atoms with Crippen molar-refractivity contribution in [2.24, 2.45) is 0 Å². The normalized spacial score (nSPS) is 14.9. The smallest absolute Gasteiger partial charge is 0.338 e. The summed E-state index contributed by atoms with van der Waals surface area (Å²) in [6.45, 7) is 5.56. The molecule has 0 bridgehead atoms. The van der Waals surface area contributed by atoms with Crippen LogP contribution in [0.2, 0.25) is 5.02 Å². The van der Waals surface area contributed by atoms with Gasteiger partial charge >= 0.3 is 12.0 Å². The summed E-state index contributed by atoms with van der Waals surface area (Å²) >= 11 is 6.34. The van der Waals surface area contributed by atoms with Gasteiger partial charge in [0.1, 0.15) is 5.57 Å². The number of anilines is 1. The first-order chi connectivity index (χ1) is 16.2. The Morgan fingerprint density at radius 1 is 1.15 bits per heavy atom. The first-order valence-corrected chi connectivity index (χ1v) is 10.8. The van der Waals surface area contributed by atoms with E-state index in [0.29, 0.717) is 17.1 Å². The second-order valence-corrected chi connectivity index (χ2v) is 7.83. The van der Waals surface area contributed by atoms with Gasteiger partial charge in [-0.2, -0.15) is 0 Å². The van der Waals surface area contributed by atoms with Crippen LogP contribution in [0.25, 0.3) is 6.08 Å². The highest BCUT2D eigenvalue weighted by molar-refractivity contribution is 6.39. The molecular formula is C24H23ClN2O7. The Kier molecular flexibility index (Phi) is 7.57. The van der Waals surface area contributed by atoms with E-state index in [1.165, 1.54) is 43.5 Å². The molecule has 2 aromatic rings. The standard InChI is InChI=1S/C24H23ClN2O7/c1-5-33-23(30)15-6-8-16(9-7-15)27-22(29)17(21(28)26-24(27)31)10-14-11-18(25)20(34-13(2)3)19(12-14)32-4/h6-13H,5H2,1-4H3,(H,26,28,31)/b17-10+. The third-order valence-corrected chi connectivity index (χ3v) is 4.94. The lowest BCUT2D eigenvalue weighted by atomic mass is 10.1. The largest absolute Gasteiger partial charge is 0.493 e. The lowest BCUT2D eigenvalue weighted by Crippen LogP contribution is -2.54. The maximum Gasteiger partial charge on any atom is 0.338 e. The Bertz CT molecular complexity index is 1170. The van der Waals surface area contributed by atoms with Crippen LogP contribution in [0.1, 0.15) is 36.7 Å². The van der Waals surface area contributed by atoms with Gasteiger partial charge in [0.25, 0.3) is 11.8 Å². The van der Waals surface area contributed by atoms with E-state index in [9.17, 15) is 19.2 Å². The lowest BCUT2D eigenvalue weighted by Gasteiger charge is -2.26. The van der Waals surface area contributed by atoms with Crippen molar-refractivity contribution >= 4 is 47.2 Å². The molecule has 178 valence electrons. The summed E-state index contributed by atoms with van der Waals surface area (Å²) in [6, 6.07) is 7.84. The fourth-order valence-electron chi connectivity index (χ4n) is 3.19. The molecule has 10 heteroatoms. The quantitative estimate of drug-likeness (QED) is 0.358. The minimum atomic E-state index is -0.910. The maximum atomic E-state index is 13.1. The summed E-state index contributed by atoms with van der Waals surface area (Å²) in [4.78, 5) is 50.7. The molecule has 0 radical (unpaired) electrons. The Hall–Kier alpha value is -3.85. The third-order valence-electron chi connectivity index (χ3n) is 4.65. The number of urea groups is 1. The van der Waals surface area contributed by atoms with Crippen molar-refractivity contribution in [1.29, 1.82) is 0 Å². The number of hydrogen-bond acceptors (Lipinski definition) is 7. The Morgan fingerprint density at radius 2 is 1.82 bits per heavy atom. The zero-order valence-corrected chi connectivity index (χ0v) is 19.8. The van der Waals surface area contributed by atoms with Gasteiger partial charge < -0.3 is 14.2 Å². The van der Waals surface area contributed by atoms with Crippen LogP contribution in [-0.2, 0) is 14.3 Å². The summed E-state index contributed by atoms with van der Waals surface area (Å²) in [6.07, 6.45) is 1.15. The number of nitrogens with zero attached hydrogens (tertiary/aromatic N) is 1. The molecule has 34 heavy (non-hydrogen) atoms. The molecule has 0 spiro atoms. The van der Waals surface area contributed by atoms with Crippen molar-refractivity contribution in [3.05, 3.63) is 58.1 Å². The number of carbonyl (C=O) groups is 4. The van der Waals surface area contributed by atoms with Gasteiger partial charge in [0.2, 0.25) is 0 Å². The molecule has 0 aliphatic carbocycles. The van der Waals surface area contributed by atoms with Crippen molar-refractivity contribution in [1.82, 2.24) is 5.32 Å². The first kappa shape index (κ1) is 24.8. The molecule has 1 heterocycles. The monoisotopic (exact) mass is 486 g/mol. The highest BCUT2D eigenvalue weighted by Crippen LogP contribution is 2.38. The molecule has 1 aliphatic heterocycles. The molecule has 0 aromatic heterocycles. The molecule has 1 fully saturated rings. The number of ether oxygens (including phenoxy) is 3. The van der Waals surface area contributed by atoms with Gasteiger partial charge in [0.05, 0.1) is 36.1 Å². The molecule has 0 atom stereocenters. The van der Waals surface area contributed by atoms with Gasteiger partial charge in [-0.3, -0.25) is 14.9 Å². The highest BCUT2D eigenvalue weighted by atomic mass is 35.5. The van der Waals surface area contributed by atoms with Crippen molar-refractivity contribution in [2.45, 2.75) is 26.9 Å². The number of benzene rings is 2. The first-order valence-electron chi connectivity index (χ1n) is 10.4. The van der Waals surface area contributed by atoms with Gasteiger partial charge in [0.15, 0.2) is 11.5 Å². The topological polar surface area (TPSA) is 111 Å². The number of esters is 1. The van der Waals surface area contributed by atoms with Crippen LogP contribution in [0.3, 0.4) is 0 Å². The summed E-state index contributed by atoms with van der Waals surface area (Å²) in [7, 11) is 1.44. The third kappa shape index (κ3) is 5.20. The summed E-state index contributed by atoms with van der Waals surface area (Å²) in [5, 5.41) is 2.37. The van der Waals surface area contributed by atoms with Crippen LogP contribution >= 0.6 is 11.6 Å². The molecule has 4 amide bonds. The van der Waals surface area contributed by atoms with Gasteiger partial charge in [0, 0.05) is 0 Å². The van der Waals surface area contributed by atoms with Crippen LogP contribution in [0.4, 0.5) is 10.5 Å². The molecule has 3 rings (SSSR count). The Balaban J connectivity index is 1.96. The van der Waals surface area contributed by atoms with Crippen LogP contribution < -0.4 is 19.7 Å². The van der Waals surface area contributed by atoms with Gasteiger partial charge in [-0.05, 0) is 68.8 Å². The molecule has 2 aromatic carbocycles. The predicted octanol–water partition coefficient (Wildman–Crippen LogP) is 3.98. The van der Waals surface area contributed by atoms with Crippen LogP contribution in [0, 0.1) is 0 Å². The van der Waals surface area contributed by atoms with Crippen molar-refractivity contribution in [3.8, 4) is 11.5 Å². The Labute approximate surface area is 201 Å². The van der Waals surface area contributed by atoms with E-state index in [-0.39, 0.29) is 34.6 Å². The number of amides is 4. The predicted molar refractivity (Wildman–Crippen MR) is 125 cm³/mol. The number of rotatable bonds is 7. The number of nitrogens with one attached hydrogen (secondary N) is 1. The number of carbonyl (C=O) groups excluding carboxylic acids is 4. The number of halogens is 1. The van der Waals surface area contributed by atoms with E-state index in [0.717, 1.165) is 4.90 Å². The van der Waals surface area contributed by atoms with E-state index in [1.807, 2.05) is 13.8 Å². The molecule has 9 nitrogen and oxygen atoms in total. The number of methoxy groups -OCH3 is 1. The fraction of sp³-hybridized carbons (Fsp3) is 0.250. The molecule has 0 saturated carbocycles. The van der Waals surface area contributed by atoms with Gasteiger partial charge in [-0.25, -0.2) is 14.5 Å². The van der Waals surface area contributed by atoms with Crippen LogP contribution in [0.15, 0.2) is 42.0 Å². The molecular weight excluding hydrogens is 464 g/mol. The van der Waals surface area contributed by atoms with E-state index >= 15 is 0 Å². The summed E-state index contributed by atoms with van der Waals surface area (Å²) < 4.78 is 15.9. The van der Waals surface area contributed by atoms with Crippen molar-refractivity contribution in [3.63, 3.8) is 0 Å². The second kappa shape index (κ2) is 10.4. The minimum Gasteiger partial charge on any atom is -0.493 e. The maximum absolute atomic E-state index is 13.1. The van der Waals surface area contributed by atoms with Crippen molar-refractivity contribution < 1.29 is 33.4 Å². The summed E-state index contributed by atoms with van der Waals surface area (Å²) in [5.74, 6) is -1.57. The average molecular weight is 487 g/mol. The SMILES string of the molecule is CCOC(=O)c1ccc(N2C(=O)NC(=O)/C(=C\c3cc(Cl)c(OC(C)C)c(OC)c3)C2=O)cc1. The minimum absolute atomic E-state index is 0.156. The zero-order valence-electron chi connectivity index (χ0n) is 19.0. The number of hydrogen-bond donors (Lipinski definition) is 1. The lowest BCUT2D eigenvalue weighted by molar-refractivity contribution is -0.122. The van der Waals surface area contributed by atoms with E-state index in [2.05, 4.69) is 5.32 Å². The van der Waals surface area contributed by atoms with Crippen molar-refractivity contribution in [2.75, 3.05) is 18.6 Å². The van der Waals surface area contributed by atoms with E-state index in [1.54, 1.807) is 13.0 Å². The number of barbiturate groups is 1. The fourth-order valence-corrected chi connectivity index (χ4v) is 3.46. The zero-order chi connectivity index (χ0) is 25.0. The van der Waals surface area contributed by atoms with Gasteiger partial charge in [-0.1, -0.05) is 11.6 Å². The highest BCUT2D eigenvalue weighted by Gasteiger charge is 2.37. The second-order valence-electron chi connectivity index (χ2n) is 7.43. The molecule has 1 N–H and O–H groups in total. The summed E-state index contributed by atoms with van der Waals surface area (Å²) in [5.41, 5.74) is 0.533. The Morgan fingerprint density at radius 3 is 2.41 bits per heavy atom.